The maximum absolute atomic E-state index is 11.9. The largest absolute Gasteiger partial charge is 0.370 e. The van der Waals surface area contributed by atoms with Crippen LogP contribution in [0.3, 0.4) is 0 Å². The summed E-state index contributed by atoms with van der Waals surface area (Å²) >= 11 is 0. The van der Waals surface area contributed by atoms with Crippen molar-refractivity contribution in [3.8, 4) is 0 Å². The van der Waals surface area contributed by atoms with Crippen LogP contribution in [-0.2, 0) is 10.0 Å². The lowest BCUT2D eigenvalue weighted by Gasteiger charge is -2.16. The number of rotatable bonds is 7. The van der Waals surface area contributed by atoms with E-state index in [-0.39, 0.29) is 4.90 Å². The van der Waals surface area contributed by atoms with Crippen molar-refractivity contribution >= 4 is 15.8 Å². The molecule has 0 bridgehead atoms. The van der Waals surface area contributed by atoms with Gasteiger partial charge in [-0.25, -0.2) is 17.7 Å². The molecule has 2 rings (SSSR count). The summed E-state index contributed by atoms with van der Waals surface area (Å²) < 4.78 is 25.0. The minimum Gasteiger partial charge on any atom is -0.370 e. The van der Waals surface area contributed by atoms with E-state index in [0.717, 1.165) is 12.4 Å². The molecule has 1 aliphatic carbocycles. The van der Waals surface area contributed by atoms with E-state index < -0.39 is 10.0 Å². The monoisotopic (exact) mass is 297 g/mol. The Labute approximate surface area is 121 Å². The minimum atomic E-state index is -3.39. The summed E-state index contributed by atoms with van der Waals surface area (Å²) in [5, 5.41) is 3.32. The normalized spacial score (nSPS) is 17.2. The highest BCUT2D eigenvalue weighted by Gasteiger charge is 2.41. The van der Waals surface area contributed by atoms with Gasteiger partial charge in [0.15, 0.2) is 0 Å². The van der Waals surface area contributed by atoms with Gasteiger partial charge >= 0.3 is 0 Å². The molecule has 6 heteroatoms. The number of hydrogen-bond donors (Lipinski definition) is 1. The molecule has 1 aliphatic rings. The molecule has 0 saturated heterocycles. The second kappa shape index (κ2) is 5.69. The fourth-order valence-corrected chi connectivity index (χ4v) is 3.20. The Hall–Kier alpha value is -1.14. The van der Waals surface area contributed by atoms with E-state index in [1.165, 1.54) is 50.3 Å². The van der Waals surface area contributed by atoms with Gasteiger partial charge in [-0.15, -0.1) is 0 Å². The van der Waals surface area contributed by atoms with Gasteiger partial charge in [0.25, 0.3) is 0 Å². The van der Waals surface area contributed by atoms with Crippen molar-refractivity contribution in [3.05, 3.63) is 18.3 Å². The summed E-state index contributed by atoms with van der Waals surface area (Å²) in [4.78, 5) is 4.43. The first-order chi connectivity index (χ1) is 9.39. The molecule has 0 unspecified atom stereocenters. The van der Waals surface area contributed by atoms with Crippen LogP contribution in [0.25, 0.3) is 0 Å². The molecule has 1 aromatic rings. The van der Waals surface area contributed by atoms with Crippen LogP contribution in [0.4, 0.5) is 5.82 Å². The fraction of sp³-hybridized carbons (Fsp3) is 0.643. The van der Waals surface area contributed by atoms with Crippen molar-refractivity contribution in [2.75, 3.05) is 26.0 Å². The van der Waals surface area contributed by atoms with E-state index in [1.807, 2.05) is 0 Å². The fourth-order valence-electron chi connectivity index (χ4n) is 2.35. The summed E-state index contributed by atoms with van der Waals surface area (Å²) in [5.41, 5.74) is 0.449. The second-order valence-corrected chi connectivity index (χ2v) is 7.92. The van der Waals surface area contributed by atoms with E-state index >= 15 is 0 Å². The zero-order valence-electron chi connectivity index (χ0n) is 12.4. The number of aromatic nitrogens is 1. The predicted molar refractivity (Wildman–Crippen MR) is 80.2 cm³/mol. The second-order valence-electron chi connectivity index (χ2n) is 5.77. The third-order valence-corrected chi connectivity index (χ3v) is 5.70. The number of nitrogens with zero attached hydrogens (tertiary/aromatic N) is 2. The van der Waals surface area contributed by atoms with Gasteiger partial charge in [-0.1, -0.05) is 13.3 Å². The molecule has 0 radical (unpaired) electrons. The first kappa shape index (κ1) is 15.3. The van der Waals surface area contributed by atoms with Crippen molar-refractivity contribution < 1.29 is 8.42 Å². The molecular weight excluding hydrogens is 274 g/mol. The van der Waals surface area contributed by atoms with Gasteiger partial charge in [-0.3, -0.25) is 0 Å². The maximum Gasteiger partial charge on any atom is 0.244 e. The molecule has 0 spiro atoms. The highest BCUT2D eigenvalue weighted by Crippen LogP contribution is 2.49. The Kier molecular flexibility index (Phi) is 4.34. The van der Waals surface area contributed by atoms with Gasteiger partial charge in [0.2, 0.25) is 10.0 Å². The van der Waals surface area contributed by atoms with Crippen LogP contribution in [0.15, 0.2) is 23.2 Å². The first-order valence-corrected chi connectivity index (χ1v) is 8.46. The summed E-state index contributed by atoms with van der Waals surface area (Å²) in [6.45, 7) is 3.13. The highest BCUT2D eigenvalue weighted by atomic mass is 32.2. The third kappa shape index (κ3) is 3.30. The van der Waals surface area contributed by atoms with Crippen LogP contribution < -0.4 is 5.32 Å². The average molecular weight is 297 g/mol. The number of hydrogen-bond acceptors (Lipinski definition) is 4. The van der Waals surface area contributed by atoms with Crippen LogP contribution >= 0.6 is 0 Å². The third-order valence-electron chi connectivity index (χ3n) is 3.90. The summed E-state index contributed by atoms with van der Waals surface area (Å²) in [6.07, 6.45) is 6.42. The van der Waals surface area contributed by atoms with Gasteiger partial charge in [-0.05, 0) is 36.8 Å². The molecule has 1 aromatic heterocycles. The van der Waals surface area contributed by atoms with Crippen molar-refractivity contribution in [2.24, 2.45) is 5.41 Å². The standard InChI is InChI=1S/C14H23N3O2S/c1-4-7-14(8-9-14)11-16-13-6-5-12(10-15-13)20(18,19)17(2)3/h5-6,10H,4,7-9,11H2,1-3H3,(H,15,16). The van der Waals surface area contributed by atoms with E-state index in [4.69, 9.17) is 0 Å². The van der Waals surface area contributed by atoms with Gasteiger partial charge in [-0.2, -0.15) is 0 Å². The van der Waals surface area contributed by atoms with E-state index in [0.29, 0.717) is 5.41 Å². The van der Waals surface area contributed by atoms with Crippen LogP contribution in [0, 0.1) is 5.41 Å². The quantitative estimate of drug-likeness (QED) is 0.839. The molecule has 20 heavy (non-hydrogen) atoms. The molecule has 0 aromatic carbocycles. The lowest BCUT2D eigenvalue weighted by atomic mass is 10.0. The Morgan fingerprint density at radius 2 is 2.05 bits per heavy atom. The lowest BCUT2D eigenvalue weighted by Crippen LogP contribution is -2.22. The SMILES string of the molecule is CCCC1(CNc2ccc(S(=O)(=O)N(C)C)cn2)CC1. The summed E-state index contributed by atoms with van der Waals surface area (Å²) in [5.74, 6) is 0.741. The smallest absolute Gasteiger partial charge is 0.244 e. The van der Waals surface area contributed by atoms with Gasteiger partial charge < -0.3 is 5.32 Å². The molecular formula is C14H23N3O2S. The van der Waals surface area contributed by atoms with Gasteiger partial charge in [0.1, 0.15) is 10.7 Å². The molecule has 1 fully saturated rings. The molecule has 1 saturated carbocycles. The molecule has 0 atom stereocenters. The molecule has 112 valence electrons. The zero-order valence-corrected chi connectivity index (χ0v) is 13.2. The zero-order chi connectivity index (χ0) is 14.8. The van der Waals surface area contributed by atoms with Gasteiger partial charge in [0, 0.05) is 26.8 Å². The van der Waals surface area contributed by atoms with Crippen LogP contribution in [-0.4, -0.2) is 38.3 Å². The van der Waals surface area contributed by atoms with Gasteiger partial charge in [0.05, 0.1) is 0 Å². The lowest BCUT2D eigenvalue weighted by molar-refractivity contribution is 0.485. The molecule has 0 amide bonds. The number of nitrogens with one attached hydrogen (secondary N) is 1. The van der Waals surface area contributed by atoms with E-state index in [9.17, 15) is 8.42 Å². The van der Waals surface area contributed by atoms with Crippen LogP contribution in [0.5, 0.6) is 0 Å². The van der Waals surface area contributed by atoms with Crippen molar-refractivity contribution in [2.45, 2.75) is 37.5 Å². The van der Waals surface area contributed by atoms with E-state index in [1.54, 1.807) is 12.1 Å². The van der Waals surface area contributed by atoms with Crippen LogP contribution in [0.1, 0.15) is 32.6 Å². The summed E-state index contributed by atoms with van der Waals surface area (Å²) in [7, 11) is -0.356. The Morgan fingerprint density at radius 3 is 2.50 bits per heavy atom. The van der Waals surface area contributed by atoms with Crippen molar-refractivity contribution in [3.63, 3.8) is 0 Å². The highest BCUT2D eigenvalue weighted by molar-refractivity contribution is 7.89. The minimum absolute atomic E-state index is 0.225. The van der Waals surface area contributed by atoms with Crippen LogP contribution in [0.2, 0.25) is 0 Å². The Balaban J connectivity index is 1.99. The van der Waals surface area contributed by atoms with Crippen molar-refractivity contribution in [1.29, 1.82) is 0 Å². The molecule has 1 N–H and O–H groups in total. The number of anilines is 1. The van der Waals surface area contributed by atoms with Crippen molar-refractivity contribution in [1.82, 2.24) is 9.29 Å². The predicted octanol–water partition coefficient (Wildman–Crippen LogP) is 2.32. The summed E-state index contributed by atoms with van der Waals surface area (Å²) in [6, 6.07) is 3.34. The van der Waals surface area contributed by atoms with E-state index in [2.05, 4.69) is 17.2 Å². The average Bonchev–Trinajstić information content (AvgIpc) is 3.17. The Bertz CT molecular complexity index is 548. The Morgan fingerprint density at radius 1 is 1.35 bits per heavy atom. The first-order valence-electron chi connectivity index (χ1n) is 7.02. The molecule has 1 heterocycles. The topological polar surface area (TPSA) is 62.3 Å². The number of sulfonamides is 1. The maximum atomic E-state index is 11.9. The molecule has 0 aliphatic heterocycles. The number of pyridine rings is 1. The molecule has 5 nitrogen and oxygen atoms in total.